The molecule has 1 aliphatic carbocycles. The van der Waals surface area contributed by atoms with Gasteiger partial charge in [0.25, 0.3) is 0 Å². The summed E-state index contributed by atoms with van der Waals surface area (Å²) in [6.07, 6.45) is 3.54. The highest BCUT2D eigenvalue weighted by atomic mass is 32.2. The molecule has 0 heterocycles. The van der Waals surface area contributed by atoms with E-state index < -0.39 is 21.9 Å². The Hall–Kier alpha value is -1.82. The molecule has 0 aliphatic heterocycles. The third-order valence-corrected chi connectivity index (χ3v) is 5.76. The Labute approximate surface area is 174 Å². The first kappa shape index (κ1) is 27.2. The molecule has 1 aliphatic rings. The van der Waals surface area contributed by atoms with Crippen LogP contribution in [0.5, 0.6) is 0 Å². The number of halogens is 3. The van der Waals surface area contributed by atoms with Crippen molar-refractivity contribution in [2.45, 2.75) is 65.0 Å². The lowest BCUT2D eigenvalue weighted by atomic mass is 9.98. The zero-order valence-corrected chi connectivity index (χ0v) is 19.0. The normalized spacial score (nSPS) is 15.7. The lowest BCUT2D eigenvalue weighted by molar-refractivity contribution is -0.156. The van der Waals surface area contributed by atoms with Gasteiger partial charge in [-0.15, -0.1) is 6.58 Å². The van der Waals surface area contributed by atoms with Crippen molar-refractivity contribution in [3.05, 3.63) is 59.7 Å². The van der Waals surface area contributed by atoms with Gasteiger partial charge >= 0.3 is 6.18 Å². The summed E-state index contributed by atoms with van der Waals surface area (Å²) in [5.41, 5.74) is 5.28. The Bertz CT molecular complexity index is 815. The third-order valence-electron chi connectivity index (χ3n) is 4.63. The Balaban J connectivity index is 0.000000664. The minimum Gasteiger partial charge on any atom is -0.224 e. The maximum absolute atomic E-state index is 11.5. The molecular weight excluding hydrogens is 397 g/mol. The Morgan fingerprint density at radius 3 is 2.00 bits per heavy atom. The van der Waals surface area contributed by atoms with Crippen LogP contribution in [0.3, 0.4) is 0 Å². The van der Waals surface area contributed by atoms with Crippen LogP contribution in [0.4, 0.5) is 13.2 Å². The SMILES string of the molecule is C/C=C(\C)C1=C(c2ccc(S(C)(=O)=O)cc2)CCC1.C=CC(C)C(F)(F)F.CC. The van der Waals surface area contributed by atoms with E-state index in [1.165, 1.54) is 29.4 Å². The van der Waals surface area contributed by atoms with E-state index in [1.54, 1.807) is 12.1 Å². The third kappa shape index (κ3) is 8.60. The largest absolute Gasteiger partial charge is 0.394 e. The van der Waals surface area contributed by atoms with Crippen LogP contribution in [0.2, 0.25) is 0 Å². The van der Waals surface area contributed by atoms with Crippen molar-refractivity contribution in [2.24, 2.45) is 5.92 Å². The first-order valence-corrected chi connectivity index (χ1v) is 11.7. The van der Waals surface area contributed by atoms with E-state index in [9.17, 15) is 21.6 Å². The molecule has 1 aromatic rings. The Morgan fingerprint density at radius 2 is 1.66 bits per heavy atom. The standard InChI is InChI=1S/C16H20O2S.C5H7F3.C2H6/c1-4-12(2)15-6-5-7-16(15)13-8-10-14(11-9-13)19(3,17)18;1-3-4(2)5(6,7)8;1-2/h4,8-11H,5-7H2,1-3H3;3-4H,1H2,2H3;1-2H3/b12-4+;;. The second-order valence-electron chi connectivity index (χ2n) is 6.64. The summed E-state index contributed by atoms with van der Waals surface area (Å²) in [4.78, 5) is 0.388. The van der Waals surface area contributed by atoms with Crippen LogP contribution in [0.25, 0.3) is 5.57 Å². The molecule has 2 nitrogen and oxygen atoms in total. The van der Waals surface area contributed by atoms with Crippen LogP contribution in [0.1, 0.15) is 59.4 Å². The molecule has 164 valence electrons. The number of benzene rings is 1. The molecule has 2 rings (SSSR count). The highest BCUT2D eigenvalue weighted by molar-refractivity contribution is 7.90. The van der Waals surface area contributed by atoms with Crippen molar-refractivity contribution >= 4 is 15.4 Å². The molecular formula is C23H33F3O2S. The monoisotopic (exact) mass is 430 g/mol. The van der Waals surface area contributed by atoms with Crippen molar-refractivity contribution in [3.63, 3.8) is 0 Å². The second kappa shape index (κ2) is 12.0. The van der Waals surface area contributed by atoms with E-state index in [1.807, 2.05) is 26.0 Å². The van der Waals surface area contributed by atoms with Gasteiger partial charge in [-0.05, 0) is 62.0 Å². The van der Waals surface area contributed by atoms with Crippen LogP contribution in [0.15, 0.2) is 59.0 Å². The van der Waals surface area contributed by atoms with Gasteiger partial charge in [0.05, 0.1) is 10.8 Å². The average molecular weight is 431 g/mol. The molecule has 1 aromatic carbocycles. The second-order valence-corrected chi connectivity index (χ2v) is 8.66. The molecule has 0 saturated heterocycles. The van der Waals surface area contributed by atoms with E-state index in [0.29, 0.717) is 4.90 Å². The van der Waals surface area contributed by atoms with Gasteiger partial charge in [-0.1, -0.05) is 50.6 Å². The first-order valence-electron chi connectivity index (χ1n) is 9.76. The zero-order valence-electron chi connectivity index (χ0n) is 18.2. The van der Waals surface area contributed by atoms with Crippen molar-refractivity contribution in [2.75, 3.05) is 6.26 Å². The van der Waals surface area contributed by atoms with Crippen LogP contribution in [-0.4, -0.2) is 20.8 Å². The van der Waals surface area contributed by atoms with Crippen molar-refractivity contribution in [1.82, 2.24) is 0 Å². The highest BCUT2D eigenvalue weighted by Crippen LogP contribution is 2.37. The van der Waals surface area contributed by atoms with E-state index >= 15 is 0 Å². The first-order chi connectivity index (χ1) is 13.4. The molecule has 1 atom stereocenters. The van der Waals surface area contributed by atoms with E-state index in [0.717, 1.165) is 31.4 Å². The fraction of sp³-hybridized carbons (Fsp3) is 0.478. The predicted molar refractivity (Wildman–Crippen MR) is 117 cm³/mol. The number of allylic oxidation sites excluding steroid dienone is 5. The average Bonchev–Trinajstić information content (AvgIpc) is 3.17. The maximum Gasteiger partial charge on any atom is 0.394 e. The van der Waals surface area contributed by atoms with Crippen LogP contribution in [-0.2, 0) is 9.84 Å². The number of hydrogen-bond acceptors (Lipinski definition) is 2. The van der Waals surface area contributed by atoms with Crippen LogP contribution in [0, 0.1) is 5.92 Å². The molecule has 0 radical (unpaired) electrons. The number of alkyl halides is 3. The molecule has 0 fully saturated rings. The Kier molecular flexibility index (Phi) is 11.3. The van der Waals surface area contributed by atoms with Crippen molar-refractivity contribution in [1.29, 1.82) is 0 Å². The molecule has 1 unspecified atom stereocenters. The lowest BCUT2D eigenvalue weighted by Crippen LogP contribution is -2.16. The zero-order chi connectivity index (χ0) is 22.8. The van der Waals surface area contributed by atoms with E-state index in [2.05, 4.69) is 26.5 Å². The molecule has 6 heteroatoms. The molecule has 0 saturated carbocycles. The van der Waals surface area contributed by atoms with Gasteiger partial charge in [0, 0.05) is 6.26 Å². The highest BCUT2D eigenvalue weighted by Gasteiger charge is 2.33. The van der Waals surface area contributed by atoms with Crippen LogP contribution < -0.4 is 0 Å². The van der Waals surface area contributed by atoms with Crippen molar-refractivity contribution < 1.29 is 21.6 Å². The molecule has 0 bridgehead atoms. The van der Waals surface area contributed by atoms with Crippen LogP contribution >= 0.6 is 0 Å². The molecule has 0 N–H and O–H groups in total. The van der Waals surface area contributed by atoms with Crippen molar-refractivity contribution in [3.8, 4) is 0 Å². The number of hydrogen-bond donors (Lipinski definition) is 0. The minimum absolute atomic E-state index is 0.388. The maximum atomic E-state index is 11.5. The Morgan fingerprint density at radius 1 is 1.14 bits per heavy atom. The van der Waals surface area contributed by atoms with Gasteiger partial charge < -0.3 is 0 Å². The van der Waals surface area contributed by atoms with Gasteiger partial charge in [0.2, 0.25) is 0 Å². The fourth-order valence-electron chi connectivity index (χ4n) is 2.71. The summed E-state index contributed by atoms with van der Waals surface area (Å²) < 4.78 is 57.1. The number of rotatable bonds is 4. The summed E-state index contributed by atoms with van der Waals surface area (Å²) >= 11 is 0. The number of sulfone groups is 1. The molecule has 0 amide bonds. The van der Waals surface area contributed by atoms with Gasteiger partial charge in [-0.2, -0.15) is 13.2 Å². The lowest BCUT2D eigenvalue weighted by Gasteiger charge is -2.09. The van der Waals surface area contributed by atoms with Gasteiger partial charge in [0.1, 0.15) is 0 Å². The smallest absolute Gasteiger partial charge is 0.224 e. The minimum atomic E-state index is -4.11. The topological polar surface area (TPSA) is 34.1 Å². The van der Waals surface area contributed by atoms with Gasteiger partial charge in [0.15, 0.2) is 9.84 Å². The fourth-order valence-corrected chi connectivity index (χ4v) is 3.34. The predicted octanol–water partition coefficient (Wildman–Crippen LogP) is 7.39. The van der Waals surface area contributed by atoms with E-state index in [4.69, 9.17) is 0 Å². The van der Waals surface area contributed by atoms with E-state index in [-0.39, 0.29) is 0 Å². The summed E-state index contributed by atoms with van der Waals surface area (Å²) in [6, 6.07) is 7.27. The van der Waals surface area contributed by atoms with Gasteiger partial charge in [-0.3, -0.25) is 0 Å². The molecule has 0 aromatic heterocycles. The summed E-state index contributed by atoms with van der Waals surface area (Å²) in [7, 11) is -3.11. The summed E-state index contributed by atoms with van der Waals surface area (Å²) in [6.45, 7) is 12.3. The summed E-state index contributed by atoms with van der Waals surface area (Å²) in [5, 5.41) is 0. The molecule has 0 spiro atoms. The van der Waals surface area contributed by atoms with Gasteiger partial charge in [-0.25, -0.2) is 8.42 Å². The summed E-state index contributed by atoms with van der Waals surface area (Å²) in [5.74, 6) is -1.39. The molecule has 29 heavy (non-hydrogen) atoms. The quantitative estimate of drug-likeness (QED) is 0.467.